The second kappa shape index (κ2) is 7.24. The van der Waals surface area contributed by atoms with Gasteiger partial charge in [-0.05, 0) is 53.7 Å². The first kappa shape index (κ1) is 16.7. The van der Waals surface area contributed by atoms with Gasteiger partial charge in [-0.3, -0.25) is 4.79 Å². The predicted molar refractivity (Wildman–Crippen MR) is 95.2 cm³/mol. The molecular formula is C18H16N6O3. The standard InChI is InChI=1S/C18H16N6O3/c1-12(18-21-15-4-2-3-5-16(15)27-18)20-17(25)10-26-14-8-6-13(7-9-14)24-11-19-22-23-24/h2-9,11-12H,10H2,1H3,(H,20,25). The summed E-state index contributed by atoms with van der Waals surface area (Å²) in [7, 11) is 0. The Morgan fingerprint density at radius 2 is 2.04 bits per heavy atom. The van der Waals surface area contributed by atoms with E-state index in [1.807, 2.05) is 31.2 Å². The average molecular weight is 364 g/mol. The summed E-state index contributed by atoms with van der Waals surface area (Å²) >= 11 is 0. The van der Waals surface area contributed by atoms with Crippen LogP contribution < -0.4 is 10.1 Å². The first-order valence-electron chi connectivity index (χ1n) is 8.30. The van der Waals surface area contributed by atoms with E-state index >= 15 is 0 Å². The van der Waals surface area contributed by atoms with E-state index in [0.29, 0.717) is 17.2 Å². The normalized spacial score (nSPS) is 12.0. The molecule has 9 heteroatoms. The fraction of sp³-hybridized carbons (Fsp3) is 0.167. The van der Waals surface area contributed by atoms with E-state index in [-0.39, 0.29) is 18.6 Å². The minimum atomic E-state index is -0.365. The predicted octanol–water partition coefficient (Wildman–Crippen LogP) is 2.06. The van der Waals surface area contributed by atoms with Gasteiger partial charge in [0.2, 0.25) is 5.89 Å². The number of amides is 1. The minimum Gasteiger partial charge on any atom is -0.484 e. The van der Waals surface area contributed by atoms with Crippen LogP contribution in [0.3, 0.4) is 0 Å². The van der Waals surface area contributed by atoms with E-state index < -0.39 is 0 Å². The van der Waals surface area contributed by atoms with Crippen molar-refractivity contribution in [2.45, 2.75) is 13.0 Å². The van der Waals surface area contributed by atoms with Gasteiger partial charge >= 0.3 is 0 Å². The number of rotatable bonds is 6. The first-order valence-corrected chi connectivity index (χ1v) is 8.30. The molecule has 1 N–H and O–H groups in total. The largest absolute Gasteiger partial charge is 0.484 e. The number of hydrogen-bond acceptors (Lipinski definition) is 7. The fourth-order valence-corrected chi connectivity index (χ4v) is 2.54. The zero-order chi connectivity index (χ0) is 18.6. The lowest BCUT2D eigenvalue weighted by Crippen LogP contribution is -2.31. The molecule has 1 unspecified atom stereocenters. The summed E-state index contributed by atoms with van der Waals surface area (Å²) in [5.41, 5.74) is 2.24. The molecule has 1 atom stereocenters. The quantitative estimate of drug-likeness (QED) is 0.558. The molecule has 4 aromatic rings. The molecule has 0 aliphatic carbocycles. The molecule has 0 saturated carbocycles. The molecule has 0 fully saturated rings. The highest BCUT2D eigenvalue weighted by atomic mass is 16.5. The Hall–Kier alpha value is -3.75. The van der Waals surface area contributed by atoms with Crippen LogP contribution in [0.1, 0.15) is 18.9 Å². The lowest BCUT2D eigenvalue weighted by Gasteiger charge is -2.11. The van der Waals surface area contributed by atoms with E-state index in [4.69, 9.17) is 9.15 Å². The Balaban J connectivity index is 1.32. The number of hydrogen-bond donors (Lipinski definition) is 1. The minimum absolute atomic E-state index is 0.116. The zero-order valence-corrected chi connectivity index (χ0v) is 14.4. The Kier molecular flexibility index (Phi) is 4.48. The number of oxazole rings is 1. The molecule has 9 nitrogen and oxygen atoms in total. The molecule has 27 heavy (non-hydrogen) atoms. The number of benzene rings is 2. The topological polar surface area (TPSA) is 108 Å². The third-order valence-electron chi connectivity index (χ3n) is 3.88. The maximum atomic E-state index is 12.1. The number of tetrazole rings is 1. The molecule has 0 spiro atoms. The highest BCUT2D eigenvalue weighted by molar-refractivity contribution is 5.78. The highest BCUT2D eigenvalue weighted by Crippen LogP contribution is 2.19. The Morgan fingerprint density at radius 1 is 1.22 bits per heavy atom. The Bertz CT molecular complexity index is 1010. The van der Waals surface area contributed by atoms with Gasteiger partial charge in [-0.1, -0.05) is 12.1 Å². The van der Waals surface area contributed by atoms with Crippen LogP contribution in [0.15, 0.2) is 59.3 Å². The van der Waals surface area contributed by atoms with Crippen molar-refractivity contribution in [3.63, 3.8) is 0 Å². The monoisotopic (exact) mass is 364 g/mol. The third kappa shape index (κ3) is 3.76. The van der Waals surface area contributed by atoms with E-state index in [0.717, 1.165) is 11.2 Å². The number of ether oxygens (including phenoxy) is 1. The van der Waals surface area contributed by atoms with Crippen molar-refractivity contribution >= 4 is 17.0 Å². The van der Waals surface area contributed by atoms with Gasteiger partial charge in [0.05, 0.1) is 5.69 Å². The summed E-state index contributed by atoms with van der Waals surface area (Å²) in [5, 5.41) is 13.8. The van der Waals surface area contributed by atoms with Crippen LogP contribution in [0.4, 0.5) is 0 Å². The maximum absolute atomic E-state index is 12.1. The second-order valence-corrected chi connectivity index (χ2v) is 5.85. The fourth-order valence-electron chi connectivity index (χ4n) is 2.54. The smallest absolute Gasteiger partial charge is 0.258 e. The van der Waals surface area contributed by atoms with Gasteiger partial charge in [0, 0.05) is 0 Å². The van der Waals surface area contributed by atoms with Crippen LogP contribution in [-0.2, 0) is 4.79 Å². The lowest BCUT2D eigenvalue weighted by atomic mass is 10.3. The van der Waals surface area contributed by atoms with E-state index in [1.165, 1.54) is 11.0 Å². The van der Waals surface area contributed by atoms with E-state index in [2.05, 4.69) is 25.8 Å². The van der Waals surface area contributed by atoms with Crippen molar-refractivity contribution in [3.8, 4) is 11.4 Å². The van der Waals surface area contributed by atoms with Crippen LogP contribution >= 0.6 is 0 Å². The van der Waals surface area contributed by atoms with Gasteiger partial charge in [-0.2, -0.15) is 0 Å². The number of fused-ring (bicyclic) bond motifs is 1. The van der Waals surface area contributed by atoms with Crippen LogP contribution in [0.25, 0.3) is 16.8 Å². The average Bonchev–Trinajstić information content (AvgIpc) is 3.36. The number of nitrogens with one attached hydrogen (secondary N) is 1. The molecule has 0 saturated heterocycles. The molecule has 4 rings (SSSR count). The Morgan fingerprint density at radius 3 is 2.78 bits per heavy atom. The number of nitrogens with zero attached hydrogens (tertiary/aromatic N) is 5. The van der Waals surface area contributed by atoms with Gasteiger partial charge in [0.1, 0.15) is 23.6 Å². The first-order chi connectivity index (χ1) is 13.2. The summed E-state index contributed by atoms with van der Waals surface area (Å²) in [6.45, 7) is 1.69. The summed E-state index contributed by atoms with van der Waals surface area (Å²) in [5.74, 6) is 0.751. The van der Waals surface area contributed by atoms with Crippen LogP contribution in [-0.4, -0.2) is 37.7 Å². The van der Waals surface area contributed by atoms with Gasteiger partial charge in [-0.15, -0.1) is 5.10 Å². The van der Waals surface area contributed by atoms with Gasteiger partial charge < -0.3 is 14.5 Å². The van der Waals surface area contributed by atoms with Crippen molar-refractivity contribution in [3.05, 3.63) is 60.7 Å². The van der Waals surface area contributed by atoms with Crippen LogP contribution in [0, 0.1) is 0 Å². The molecule has 1 amide bonds. The molecule has 0 radical (unpaired) electrons. The maximum Gasteiger partial charge on any atom is 0.258 e. The van der Waals surface area contributed by atoms with Gasteiger partial charge in [0.25, 0.3) is 5.91 Å². The number of para-hydroxylation sites is 2. The van der Waals surface area contributed by atoms with Crippen molar-refractivity contribution in [2.24, 2.45) is 0 Å². The van der Waals surface area contributed by atoms with Crippen molar-refractivity contribution in [2.75, 3.05) is 6.61 Å². The summed E-state index contributed by atoms with van der Waals surface area (Å²) < 4.78 is 12.7. The molecule has 0 aliphatic rings. The molecule has 136 valence electrons. The molecule has 2 aromatic carbocycles. The molecular weight excluding hydrogens is 348 g/mol. The molecule has 2 aromatic heterocycles. The SMILES string of the molecule is CC(NC(=O)COc1ccc(-n2cnnn2)cc1)c1nc2ccccc2o1. The molecule has 0 aliphatic heterocycles. The number of aromatic nitrogens is 5. The lowest BCUT2D eigenvalue weighted by molar-refractivity contribution is -0.123. The van der Waals surface area contributed by atoms with Gasteiger partial charge in [0.15, 0.2) is 12.2 Å². The van der Waals surface area contributed by atoms with Crippen molar-refractivity contribution in [1.82, 2.24) is 30.5 Å². The summed E-state index contributed by atoms with van der Waals surface area (Å²) in [6.07, 6.45) is 1.50. The molecule has 0 bridgehead atoms. The van der Waals surface area contributed by atoms with Crippen molar-refractivity contribution in [1.29, 1.82) is 0 Å². The zero-order valence-electron chi connectivity index (χ0n) is 14.4. The highest BCUT2D eigenvalue weighted by Gasteiger charge is 2.16. The second-order valence-electron chi connectivity index (χ2n) is 5.85. The van der Waals surface area contributed by atoms with E-state index in [9.17, 15) is 4.79 Å². The Labute approximate surface area is 154 Å². The molecule has 2 heterocycles. The van der Waals surface area contributed by atoms with E-state index in [1.54, 1.807) is 24.3 Å². The van der Waals surface area contributed by atoms with Gasteiger partial charge in [-0.25, -0.2) is 9.67 Å². The van der Waals surface area contributed by atoms with Crippen LogP contribution in [0.2, 0.25) is 0 Å². The third-order valence-corrected chi connectivity index (χ3v) is 3.88. The summed E-state index contributed by atoms with van der Waals surface area (Å²) in [6, 6.07) is 14.2. The summed E-state index contributed by atoms with van der Waals surface area (Å²) in [4.78, 5) is 16.5. The van der Waals surface area contributed by atoms with Crippen LogP contribution in [0.5, 0.6) is 5.75 Å². The van der Waals surface area contributed by atoms with Crippen molar-refractivity contribution < 1.29 is 13.9 Å². The number of carbonyl (C=O) groups is 1. The number of carbonyl (C=O) groups excluding carboxylic acids is 1.